The maximum atomic E-state index is 12.1. The Morgan fingerprint density at radius 3 is 2.74 bits per heavy atom. The molecule has 0 spiro atoms. The summed E-state index contributed by atoms with van der Waals surface area (Å²) in [7, 11) is 1.84. The largest absolute Gasteiger partial charge is 0.397 e. The van der Waals surface area contributed by atoms with Crippen molar-refractivity contribution in [3.05, 3.63) is 23.8 Å². The van der Waals surface area contributed by atoms with Gasteiger partial charge >= 0.3 is 0 Å². The molecule has 19 heavy (non-hydrogen) atoms. The number of nitriles is 1. The molecule has 2 rings (SSSR count). The van der Waals surface area contributed by atoms with Gasteiger partial charge in [0.15, 0.2) is 0 Å². The molecule has 0 atom stereocenters. The number of rotatable bonds is 3. The summed E-state index contributed by atoms with van der Waals surface area (Å²) in [6.45, 7) is 2.03. The highest BCUT2D eigenvalue weighted by molar-refractivity contribution is 5.83. The van der Waals surface area contributed by atoms with Crippen LogP contribution < -0.4 is 10.6 Å². The Bertz CT molecular complexity index is 515. The van der Waals surface area contributed by atoms with E-state index in [0.29, 0.717) is 17.8 Å². The Hall–Kier alpha value is -2.22. The molecule has 0 aliphatic carbocycles. The van der Waals surface area contributed by atoms with E-state index < -0.39 is 0 Å². The number of benzene rings is 1. The van der Waals surface area contributed by atoms with Gasteiger partial charge in [-0.25, -0.2) is 0 Å². The molecule has 1 saturated heterocycles. The SMILES string of the molecule is CN(CC(=O)N1CCCC1)c1ccc(C#N)cc1N. The Morgan fingerprint density at radius 2 is 2.16 bits per heavy atom. The first kappa shape index (κ1) is 13.2. The van der Waals surface area contributed by atoms with E-state index in [1.165, 1.54) is 0 Å². The van der Waals surface area contributed by atoms with E-state index >= 15 is 0 Å². The highest BCUT2D eigenvalue weighted by atomic mass is 16.2. The van der Waals surface area contributed by atoms with E-state index in [-0.39, 0.29) is 5.91 Å². The van der Waals surface area contributed by atoms with Crippen LogP contribution in [0.25, 0.3) is 0 Å². The van der Waals surface area contributed by atoms with Crippen LogP contribution in [-0.2, 0) is 4.79 Å². The van der Waals surface area contributed by atoms with Crippen LogP contribution in [-0.4, -0.2) is 37.5 Å². The lowest BCUT2D eigenvalue weighted by Gasteiger charge is -2.24. The number of likely N-dealkylation sites (tertiary alicyclic amines) is 1. The Balaban J connectivity index is 2.05. The van der Waals surface area contributed by atoms with Crippen LogP contribution in [0.15, 0.2) is 18.2 Å². The minimum Gasteiger partial charge on any atom is -0.397 e. The van der Waals surface area contributed by atoms with Crippen molar-refractivity contribution < 1.29 is 4.79 Å². The molecule has 100 valence electrons. The summed E-state index contributed by atoms with van der Waals surface area (Å²) in [6, 6.07) is 7.17. The zero-order valence-electron chi connectivity index (χ0n) is 11.1. The third kappa shape index (κ3) is 2.97. The topological polar surface area (TPSA) is 73.4 Å². The fourth-order valence-electron chi connectivity index (χ4n) is 2.33. The molecule has 0 aromatic heterocycles. The third-order valence-electron chi connectivity index (χ3n) is 3.40. The smallest absolute Gasteiger partial charge is 0.242 e. The second kappa shape index (κ2) is 5.61. The van der Waals surface area contributed by atoms with Gasteiger partial charge in [-0.1, -0.05) is 0 Å². The van der Waals surface area contributed by atoms with Crippen molar-refractivity contribution in [3.63, 3.8) is 0 Å². The van der Waals surface area contributed by atoms with Crippen molar-refractivity contribution in [2.45, 2.75) is 12.8 Å². The number of nitrogens with two attached hydrogens (primary N) is 1. The molecule has 2 N–H and O–H groups in total. The van der Waals surface area contributed by atoms with Crippen LogP contribution in [0.4, 0.5) is 11.4 Å². The summed E-state index contributed by atoms with van der Waals surface area (Å²) in [5.74, 6) is 0.128. The molecule has 5 heteroatoms. The molecular weight excluding hydrogens is 240 g/mol. The molecular formula is C14H18N4O. The normalized spacial score (nSPS) is 14.2. The van der Waals surface area contributed by atoms with Crippen LogP contribution in [0, 0.1) is 11.3 Å². The van der Waals surface area contributed by atoms with E-state index in [4.69, 9.17) is 11.0 Å². The lowest BCUT2D eigenvalue weighted by Crippen LogP contribution is -2.37. The molecule has 1 fully saturated rings. The molecule has 1 heterocycles. The fraction of sp³-hybridized carbons (Fsp3) is 0.429. The maximum absolute atomic E-state index is 12.1. The zero-order chi connectivity index (χ0) is 13.8. The second-order valence-electron chi connectivity index (χ2n) is 4.83. The average molecular weight is 258 g/mol. The van der Waals surface area contributed by atoms with Crippen molar-refractivity contribution in [2.75, 3.05) is 37.3 Å². The van der Waals surface area contributed by atoms with Crippen LogP contribution >= 0.6 is 0 Å². The lowest BCUT2D eigenvalue weighted by molar-refractivity contribution is -0.128. The van der Waals surface area contributed by atoms with Gasteiger partial charge < -0.3 is 15.5 Å². The molecule has 1 aromatic carbocycles. The lowest BCUT2D eigenvalue weighted by atomic mass is 10.2. The van der Waals surface area contributed by atoms with Gasteiger partial charge in [-0.3, -0.25) is 4.79 Å². The Labute approximate surface area is 113 Å². The predicted molar refractivity (Wildman–Crippen MR) is 74.7 cm³/mol. The predicted octanol–water partition coefficient (Wildman–Crippen LogP) is 1.20. The highest BCUT2D eigenvalue weighted by Crippen LogP contribution is 2.23. The maximum Gasteiger partial charge on any atom is 0.242 e. The van der Waals surface area contributed by atoms with Gasteiger partial charge in [0.05, 0.1) is 29.6 Å². The number of likely N-dealkylation sites (N-methyl/N-ethyl adjacent to an activating group) is 1. The van der Waals surface area contributed by atoms with E-state index in [0.717, 1.165) is 31.6 Å². The average Bonchev–Trinajstić information content (AvgIpc) is 2.92. The first-order chi connectivity index (χ1) is 9.11. The summed E-state index contributed by atoms with van der Waals surface area (Å²) >= 11 is 0. The van der Waals surface area contributed by atoms with Crippen molar-refractivity contribution >= 4 is 17.3 Å². The molecule has 0 bridgehead atoms. The van der Waals surface area contributed by atoms with Crippen LogP contribution in [0.3, 0.4) is 0 Å². The van der Waals surface area contributed by atoms with Crippen LogP contribution in [0.1, 0.15) is 18.4 Å². The van der Waals surface area contributed by atoms with E-state index in [1.54, 1.807) is 18.2 Å². The van der Waals surface area contributed by atoms with Crippen molar-refractivity contribution in [1.29, 1.82) is 5.26 Å². The first-order valence-electron chi connectivity index (χ1n) is 6.40. The number of hydrogen-bond acceptors (Lipinski definition) is 4. The molecule has 0 radical (unpaired) electrons. The number of amides is 1. The Kier molecular flexibility index (Phi) is 3.91. The van der Waals surface area contributed by atoms with Gasteiger partial charge in [0.1, 0.15) is 0 Å². The van der Waals surface area contributed by atoms with Crippen molar-refractivity contribution in [3.8, 4) is 6.07 Å². The third-order valence-corrected chi connectivity index (χ3v) is 3.40. The van der Waals surface area contributed by atoms with Gasteiger partial charge in [-0.15, -0.1) is 0 Å². The standard InChI is InChI=1S/C14H18N4O/c1-17(10-14(19)18-6-2-3-7-18)13-5-4-11(9-15)8-12(13)16/h4-5,8H,2-3,6-7,10,16H2,1H3. The number of carbonyl (C=O) groups is 1. The minimum atomic E-state index is 0.128. The van der Waals surface area contributed by atoms with E-state index in [2.05, 4.69) is 0 Å². The number of hydrogen-bond donors (Lipinski definition) is 1. The summed E-state index contributed by atoms with van der Waals surface area (Å²) in [5.41, 5.74) is 7.75. The van der Waals surface area contributed by atoms with Crippen LogP contribution in [0.2, 0.25) is 0 Å². The minimum absolute atomic E-state index is 0.128. The van der Waals surface area contributed by atoms with E-state index in [9.17, 15) is 4.79 Å². The molecule has 1 aromatic rings. The second-order valence-corrected chi connectivity index (χ2v) is 4.83. The van der Waals surface area contributed by atoms with Gasteiger partial charge in [-0.05, 0) is 31.0 Å². The fourth-order valence-corrected chi connectivity index (χ4v) is 2.33. The first-order valence-corrected chi connectivity index (χ1v) is 6.40. The number of anilines is 2. The van der Waals surface area contributed by atoms with Gasteiger partial charge in [0.2, 0.25) is 5.91 Å². The summed E-state index contributed by atoms with van der Waals surface area (Å²) < 4.78 is 0. The monoisotopic (exact) mass is 258 g/mol. The molecule has 1 aliphatic heterocycles. The molecule has 0 saturated carbocycles. The van der Waals surface area contributed by atoms with Crippen LogP contribution in [0.5, 0.6) is 0 Å². The molecule has 1 amide bonds. The number of carbonyl (C=O) groups excluding carboxylic acids is 1. The summed E-state index contributed by atoms with van der Waals surface area (Å²) in [6.07, 6.45) is 2.18. The molecule has 5 nitrogen and oxygen atoms in total. The quantitative estimate of drug-likeness (QED) is 0.827. The Morgan fingerprint density at radius 1 is 1.47 bits per heavy atom. The number of nitrogen functional groups attached to an aromatic ring is 1. The van der Waals surface area contributed by atoms with Crippen molar-refractivity contribution in [2.24, 2.45) is 0 Å². The van der Waals surface area contributed by atoms with Gasteiger partial charge in [0.25, 0.3) is 0 Å². The van der Waals surface area contributed by atoms with Crippen molar-refractivity contribution in [1.82, 2.24) is 4.90 Å². The summed E-state index contributed by atoms with van der Waals surface area (Å²) in [5, 5.41) is 8.80. The number of nitrogens with zero attached hydrogens (tertiary/aromatic N) is 3. The molecule has 0 unspecified atom stereocenters. The highest BCUT2D eigenvalue weighted by Gasteiger charge is 2.19. The molecule has 1 aliphatic rings. The van der Waals surface area contributed by atoms with Gasteiger partial charge in [-0.2, -0.15) is 5.26 Å². The summed E-state index contributed by atoms with van der Waals surface area (Å²) in [4.78, 5) is 15.8. The zero-order valence-corrected chi connectivity index (χ0v) is 11.1. The van der Waals surface area contributed by atoms with E-state index in [1.807, 2.05) is 22.9 Å². The van der Waals surface area contributed by atoms with Gasteiger partial charge in [0, 0.05) is 20.1 Å².